The topological polar surface area (TPSA) is 78.5 Å². The molecule has 1 aromatic rings. The van der Waals surface area contributed by atoms with Crippen LogP contribution < -0.4 is 10.6 Å². The quantitative estimate of drug-likeness (QED) is 0.866. The fraction of sp³-hybridized carbons (Fsp3) is 0.526. The molecule has 1 fully saturated rings. The normalized spacial score (nSPS) is 15.5. The third kappa shape index (κ3) is 5.03. The zero-order chi connectivity index (χ0) is 19.5. The van der Waals surface area contributed by atoms with Gasteiger partial charge in [-0.25, -0.2) is 4.39 Å². The summed E-state index contributed by atoms with van der Waals surface area (Å²) in [6, 6.07) is 4.03. The number of anilines is 2. The van der Waals surface area contributed by atoms with Crippen LogP contribution in [0.2, 0.25) is 0 Å². The molecule has 6 nitrogen and oxygen atoms in total. The zero-order valence-corrected chi connectivity index (χ0v) is 15.7. The van der Waals surface area contributed by atoms with Crippen molar-refractivity contribution >= 4 is 29.1 Å². The van der Waals surface area contributed by atoms with E-state index >= 15 is 0 Å². The predicted molar refractivity (Wildman–Crippen MR) is 98.1 cm³/mol. The summed E-state index contributed by atoms with van der Waals surface area (Å²) in [6.45, 7) is 8.01. The van der Waals surface area contributed by atoms with E-state index in [2.05, 4.69) is 10.6 Å². The van der Waals surface area contributed by atoms with E-state index in [-0.39, 0.29) is 29.3 Å². The molecular formula is C19H26FN3O3. The molecule has 2 N–H and O–H groups in total. The second-order valence-electron chi connectivity index (χ2n) is 7.68. The molecule has 1 aromatic carbocycles. The average Bonchev–Trinajstić information content (AvgIpc) is 2.56. The molecule has 0 aliphatic carbocycles. The number of hydrogen-bond donors (Lipinski definition) is 2. The van der Waals surface area contributed by atoms with Gasteiger partial charge < -0.3 is 15.5 Å². The molecule has 0 saturated carbocycles. The molecule has 1 heterocycles. The van der Waals surface area contributed by atoms with Crippen molar-refractivity contribution < 1.29 is 18.8 Å². The minimum Gasteiger partial charge on any atom is -0.342 e. The van der Waals surface area contributed by atoms with Crippen LogP contribution in [0.1, 0.15) is 40.5 Å². The van der Waals surface area contributed by atoms with Crippen molar-refractivity contribution in [2.75, 3.05) is 23.7 Å². The third-order valence-electron chi connectivity index (χ3n) is 4.34. The van der Waals surface area contributed by atoms with Gasteiger partial charge in [-0.05, 0) is 31.0 Å². The van der Waals surface area contributed by atoms with Crippen molar-refractivity contribution in [3.8, 4) is 0 Å². The lowest BCUT2D eigenvalue weighted by molar-refractivity contribution is -0.142. The summed E-state index contributed by atoms with van der Waals surface area (Å²) in [7, 11) is 0. The summed E-state index contributed by atoms with van der Waals surface area (Å²) in [5.74, 6) is -1.31. The largest absolute Gasteiger partial charge is 0.342 e. The molecule has 0 bridgehead atoms. The van der Waals surface area contributed by atoms with Crippen LogP contribution >= 0.6 is 0 Å². The van der Waals surface area contributed by atoms with Gasteiger partial charge in [0.15, 0.2) is 0 Å². The van der Waals surface area contributed by atoms with Gasteiger partial charge in [-0.15, -0.1) is 0 Å². The molecule has 1 saturated heterocycles. The highest BCUT2D eigenvalue weighted by Gasteiger charge is 2.32. The van der Waals surface area contributed by atoms with E-state index < -0.39 is 11.2 Å². The number of nitrogens with zero attached hydrogens (tertiary/aromatic N) is 1. The number of carbonyl (C=O) groups excluding carboxylic acids is 3. The first-order valence-electron chi connectivity index (χ1n) is 8.75. The van der Waals surface area contributed by atoms with Gasteiger partial charge in [0.1, 0.15) is 5.82 Å². The second-order valence-corrected chi connectivity index (χ2v) is 7.68. The minimum absolute atomic E-state index is 0.0365. The molecule has 0 radical (unpaired) electrons. The SMILES string of the molecule is CC(=O)Nc1ccc(F)c(NC(=O)C2CCN(C(=O)C(C)(C)C)CC2)c1. The first kappa shape index (κ1) is 19.9. The van der Waals surface area contributed by atoms with E-state index in [4.69, 9.17) is 0 Å². The van der Waals surface area contributed by atoms with Crippen molar-refractivity contribution in [2.45, 2.75) is 40.5 Å². The van der Waals surface area contributed by atoms with Crippen molar-refractivity contribution in [1.29, 1.82) is 0 Å². The lowest BCUT2D eigenvalue weighted by Gasteiger charge is -2.35. The van der Waals surface area contributed by atoms with E-state index in [1.54, 1.807) is 4.90 Å². The van der Waals surface area contributed by atoms with Gasteiger partial charge in [-0.3, -0.25) is 14.4 Å². The van der Waals surface area contributed by atoms with E-state index in [1.165, 1.54) is 25.1 Å². The summed E-state index contributed by atoms with van der Waals surface area (Å²) in [6.07, 6.45) is 1.08. The molecule has 0 atom stereocenters. The first-order chi connectivity index (χ1) is 12.1. The van der Waals surface area contributed by atoms with E-state index in [9.17, 15) is 18.8 Å². The molecule has 1 aliphatic rings. The molecule has 7 heteroatoms. The van der Waals surface area contributed by atoms with Gasteiger partial charge in [0.05, 0.1) is 5.69 Å². The molecule has 1 aliphatic heterocycles. The molecule has 3 amide bonds. The second kappa shape index (κ2) is 7.85. The van der Waals surface area contributed by atoms with Crippen LogP contribution in [-0.4, -0.2) is 35.7 Å². The highest BCUT2D eigenvalue weighted by molar-refractivity contribution is 5.94. The van der Waals surface area contributed by atoms with Gasteiger partial charge in [0.2, 0.25) is 17.7 Å². The summed E-state index contributed by atoms with van der Waals surface area (Å²) in [4.78, 5) is 37.6. The maximum absolute atomic E-state index is 14.0. The van der Waals surface area contributed by atoms with Crippen molar-refractivity contribution in [2.24, 2.45) is 11.3 Å². The Balaban J connectivity index is 1.97. The Kier molecular flexibility index (Phi) is 6.00. The Labute approximate surface area is 153 Å². The number of benzene rings is 1. The number of amides is 3. The number of hydrogen-bond acceptors (Lipinski definition) is 3. The summed E-state index contributed by atoms with van der Waals surface area (Å²) in [5, 5.41) is 5.16. The predicted octanol–water partition coefficient (Wildman–Crippen LogP) is 3.01. The van der Waals surface area contributed by atoms with Gasteiger partial charge in [0, 0.05) is 37.0 Å². The summed E-state index contributed by atoms with van der Waals surface area (Å²) < 4.78 is 14.0. The molecule has 2 rings (SSSR count). The number of piperidine rings is 1. The maximum atomic E-state index is 14.0. The summed E-state index contributed by atoms with van der Waals surface area (Å²) >= 11 is 0. The van der Waals surface area contributed by atoms with Gasteiger partial charge in [-0.1, -0.05) is 20.8 Å². The van der Waals surface area contributed by atoms with Gasteiger partial charge in [-0.2, -0.15) is 0 Å². The van der Waals surface area contributed by atoms with E-state index in [0.717, 1.165) is 0 Å². The van der Waals surface area contributed by atoms with Crippen LogP contribution in [0.3, 0.4) is 0 Å². The molecular weight excluding hydrogens is 337 g/mol. The zero-order valence-electron chi connectivity index (χ0n) is 15.7. The van der Waals surface area contributed by atoms with Crippen molar-refractivity contribution in [3.05, 3.63) is 24.0 Å². The smallest absolute Gasteiger partial charge is 0.227 e. The molecule has 26 heavy (non-hydrogen) atoms. The summed E-state index contributed by atoms with van der Waals surface area (Å²) in [5.41, 5.74) is 0.0109. The van der Waals surface area contributed by atoms with Crippen LogP contribution in [0.15, 0.2) is 18.2 Å². The number of likely N-dealkylation sites (tertiary alicyclic amines) is 1. The van der Waals surface area contributed by atoms with Crippen LogP contribution in [-0.2, 0) is 14.4 Å². The monoisotopic (exact) mass is 363 g/mol. The fourth-order valence-corrected chi connectivity index (χ4v) is 2.96. The molecule has 142 valence electrons. The Morgan fingerprint density at radius 3 is 2.27 bits per heavy atom. The lowest BCUT2D eigenvalue weighted by Crippen LogP contribution is -2.45. The molecule has 0 spiro atoms. The Morgan fingerprint density at radius 1 is 1.12 bits per heavy atom. The fourth-order valence-electron chi connectivity index (χ4n) is 2.96. The van der Waals surface area contributed by atoms with E-state index in [1.807, 2.05) is 20.8 Å². The standard InChI is InChI=1S/C19H26FN3O3/c1-12(24)21-14-5-6-15(20)16(11-14)22-17(25)13-7-9-23(10-8-13)18(26)19(2,3)4/h5-6,11,13H,7-10H2,1-4H3,(H,21,24)(H,22,25). The number of carbonyl (C=O) groups is 3. The molecule has 0 aromatic heterocycles. The number of halogens is 1. The van der Waals surface area contributed by atoms with Crippen LogP contribution in [0, 0.1) is 17.2 Å². The Hall–Kier alpha value is -2.44. The van der Waals surface area contributed by atoms with Crippen LogP contribution in [0.25, 0.3) is 0 Å². The van der Waals surface area contributed by atoms with E-state index in [0.29, 0.717) is 31.6 Å². The van der Waals surface area contributed by atoms with Gasteiger partial charge in [0.25, 0.3) is 0 Å². The van der Waals surface area contributed by atoms with Crippen molar-refractivity contribution in [3.63, 3.8) is 0 Å². The van der Waals surface area contributed by atoms with Crippen LogP contribution in [0.4, 0.5) is 15.8 Å². The van der Waals surface area contributed by atoms with Gasteiger partial charge >= 0.3 is 0 Å². The number of nitrogens with one attached hydrogen (secondary N) is 2. The molecule has 0 unspecified atom stereocenters. The highest BCUT2D eigenvalue weighted by Crippen LogP contribution is 2.26. The number of rotatable bonds is 3. The first-order valence-corrected chi connectivity index (χ1v) is 8.75. The average molecular weight is 363 g/mol. The minimum atomic E-state index is -0.562. The lowest BCUT2D eigenvalue weighted by atomic mass is 9.90. The maximum Gasteiger partial charge on any atom is 0.227 e. The van der Waals surface area contributed by atoms with Crippen molar-refractivity contribution in [1.82, 2.24) is 4.90 Å². The Morgan fingerprint density at radius 2 is 1.73 bits per heavy atom. The van der Waals surface area contributed by atoms with Crippen LogP contribution in [0.5, 0.6) is 0 Å². The third-order valence-corrected chi connectivity index (χ3v) is 4.34. The Bertz CT molecular complexity index is 704. The highest BCUT2D eigenvalue weighted by atomic mass is 19.1.